The molecule has 8 nitrogen and oxygen atoms in total. The van der Waals surface area contributed by atoms with Gasteiger partial charge in [-0.2, -0.15) is 0 Å². The van der Waals surface area contributed by atoms with Crippen molar-refractivity contribution in [2.75, 3.05) is 13.7 Å². The molecule has 0 saturated heterocycles. The van der Waals surface area contributed by atoms with E-state index in [1.807, 2.05) is 24.3 Å². The second kappa shape index (κ2) is 10.9. The maximum atomic E-state index is 13.1. The minimum absolute atomic E-state index is 0.0951. The average Bonchev–Trinajstić information content (AvgIpc) is 3.25. The highest BCUT2D eigenvalue weighted by Crippen LogP contribution is 2.60. The van der Waals surface area contributed by atoms with Gasteiger partial charge < -0.3 is 23.9 Å². The van der Waals surface area contributed by atoms with Crippen LogP contribution >= 0.6 is 0 Å². The number of esters is 2. The Morgan fingerprint density at radius 3 is 2.33 bits per heavy atom. The molecule has 4 aliphatic carbocycles. The second-order valence-corrected chi connectivity index (χ2v) is 13.1. The third-order valence-electron chi connectivity index (χ3n) is 8.54. The Morgan fingerprint density at radius 2 is 1.72 bits per heavy atom. The molecule has 0 radical (unpaired) electrons. The number of ether oxygens (including phenoxy) is 3. The SMILES string of the molecule is COC(=O)CCc1ccc2oc(CC(NC(=O)OCC34CC5CC(CC(C5)C3)C4)C(=O)OC(C)(C)C)cc2c1. The fourth-order valence-corrected chi connectivity index (χ4v) is 7.39. The summed E-state index contributed by atoms with van der Waals surface area (Å²) in [6.45, 7) is 5.79. The van der Waals surface area contributed by atoms with Crippen LogP contribution in [0.1, 0.15) is 77.0 Å². The number of amides is 1. The summed E-state index contributed by atoms with van der Waals surface area (Å²) in [5.74, 6) is 2.06. The van der Waals surface area contributed by atoms with Crippen LogP contribution in [0.2, 0.25) is 0 Å². The molecule has 0 aliphatic heterocycles. The molecule has 39 heavy (non-hydrogen) atoms. The van der Waals surface area contributed by atoms with Gasteiger partial charge in [-0.1, -0.05) is 6.07 Å². The zero-order chi connectivity index (χ0) is 27.8. The van der Waals surface area contributed by atoms with Gasteiger partial charge in [-0.25, -0.2) is 9.59 Å². The van der Waals surface area contributed by atoms with E-state index in [0.29, 0.717) is 30.8 Å². The molecule has 1 heterocycles. The zero-order valence-corrected chi connectivity index (χ0v) is 23.5. The van der Waals surface area contributed by atoms with Crippen LogP contribution < -0.4 is 5.32 Å². The van der Waals surface area contributed by atoms with E-state index in [9.17, 15) is 14.4 Å². The third kappa shape index (κ3) is 6.76. The van der Waals surface area contributed by atoms with Crippen LogP contribution in [0, 0.1) is 23.2 Å². The summed E-state index contributed by atoms with van der Waals surface area (Å²) in [6.07, 6.45) is 7.80. The molecule has 1 atom stereocenters. The highest BCUT2D eigenvalue weighted by Gasteiger charge is 2.51. The number of carbonyl (C=O) groups excluding carboxylic acids is 3. The van der Waals surface area contributed by atoms with Crippen molar-refractivity contribution in [3.05, 3.63) is 35.6 Å². The highest BCUT2D eigenvalue weighted by atomic mass is 16.6. The number of nitrogens with one attached hydrogen (secondary N) is 1. The molecule has 4 fully saturated rings. The van der Waals surface area contributed by atoms with Gasteiger partial charge in [0, 0.05) is 23.6 Å². The third-order valence-corrected chi connectivity index (χ3v) is 8.54. The summed E-state index contributed by atoms with van der Waals surface area (Å²) >= 11 is 0. The van der Waals surface area contributed by atoms with Crippen LogP contribution in [-0.2, 0) is 36.6 Å². The van der Waals surface area contributed by atoms with Gasteiger partial charge in [0.15, 0.2) is 0 Å². The minimum Gasteiger partial charge on any atom is -0.469 e. The van der Waals surface area contributed by atoms with E-state index in [4.69, 9.17) is 18.6 Å². The first-order valence-corrected chi connectivity index (χ1v) is 14.2. The number of fused-ring (bicyclic) bond motifs is 1. The molecule has 1 amide bonds. The number of hydrogen-bond acceptors (Lipinski definition) is 7. The van der Waals surface area contributed by atoms with E-state index in [1.54, 1.807) is 20.8 Å². The summed E-state index contributed by atoms with van der Waals surface area (Å²) < 4.78 is 22.1. The first-order chi connectivity index (χ1) is 18.5. The van der Waals surface area contributed by atoms with E-state index in [2.05, 4.69) is 5.32 Å². The highest BCUT2D eigenvalue weighted by molar-refractivity contribution is 5.83. The molecule has 1 unspecified atom stereocenters. The molecule has 6 rings (SSSR count). The normalized spacial score (nSPS) is 26.3. The Bertz CT molecular complexity index is 1190. The molecule has 0 spiro atoms. The number of alkyl carbamates (subject to hydrolysis) is 1. The van der Waals surface area contributed by atoms with E-state index in [0.717, 1.165) is 48.0 Å². The molecule has 1 N–H and O–H groups in total. The summed E-state index contributed by atoms with van der Waals surface area (Å²) in [4.78, 5) is 37.6. The maximum Gasteiger partial charge on any atom is 0.407 e. The molecule has 1 aromatic carbocycles. The van der Waals surface area contributed by atoms with Crippen LogP contribution in [0.15, 0.2) is 28.7 Å². The Labute approximate surface area is 230 Å². The fraction of sp³-hybridized carbons (Fsp3) is 0.645. The Kier molecular flexibility index (Phi) is 7.66. The Balaban J connectivity index is 1.24. The number of benzene rings is 1. The van der Waals surface area contributed by atoms with Gasteiger partial charge in [-0.05, 0) is 107 Å². The molecule has 4 bridgehead atoms. The van der Waals surface area contributed by atoms with Crippen LogP contribution in [0.4, 0.5) is 4.79 Å². The van der Waals surface area contributed by atoms with Crippen molar-refractivity contribution in [2.24, 2.45) is 23.2 Å². The topological polar surface area (TPSA) is 104 Å². The number of hydrogen-bond donors (Lipinski definition) is 1. The molecule has 4 saturated carbocycles. The van der Waals surface area contributed by atoms with Crippen molar-refractivity contribution in [3.8, 4) is 0 Å². The van der Waals surface area contributed by atoms with Crippen molar-refractivity contribution in [2.45, 2.75) is 90.2 Å². The zero-order valence-electron chi connectivity index (χ0n) is 23.5. The quantitative estimate of drug-likeness (QED) is 0.320. The van der Waals surface area contributed by atoms with E-state index >= 15 is 0 Å². The molecule has 212 valence electrons. The molecule has 4 aliphatic rings. The molecule has 8 heteroatoms. The van der Waals surface area contributed by atoms with Crippen LogP contribution in [0.5, 0.6) is 0 Å². The lowest BCUT2D eigenvalue weighted by atomic mass is 9.50. The Hall–Kier alpha value is -3.03. The molecule has 2 aromatic rings. The summed E-state index contributed by atoms with van der Waals surface area (Å²) in [7, 11) is 1.38. The predicted octanol–water partition coefficient (Wildman–Crippen LogP) is 5.73. The molecular formula is C31H41NO7. The number of rotatable bonds is 9. The molecule has 1 aromatic heterocycles. The van der Waals surface area contributed by atoms with Crippen molar-refractivity contribution < 1.29 is 33.0 Å². The lowest BCUT2D eigenvalue weighted by Crippen LogP contribution is -2.50. The van der Waals surface area contributed by atoms with Crippen molar-refractivity contribution in [1.29, 1.82) is 0 Å². The minimum atomic E-state index is -0.951. The fourth-order valence-electron chi connectivity index (χ4n) is 7.39. The number of furan rings is 1. The lowest BCUT2D eigenvalue weighted by molar-refractivity contribution is -0.157. The van der Waals surface area contributed by atoms with Gasteiger partial charge >= 0.3 is 18.0 Å². The van der Waals surface area contributed by atoms with E-state index in [-0.39, 0.29) is 17.8 Å². The van der Waals surface area contributed by atoms with Crippen LogP contribution in [-0.4, -0.2) is 43.4 Å². The smallest absolute Gasteiger partial charge is 0.407 e. The first-order valence-electron chi connectivity index (χ1n) is 14.2. The number of carbonyl (C=O) groups is 3. The summed E-state index contributed by atoms with van der Waals surface area (Å²) in [5, 5.41) is 3.63. The van der Waals surface area contributed by atoms with Crippen LogP contribution in [0.3, 0.4) is 0 Å². The van der Waals surface area contributed by atoms with Gasteiger partial charge in [0.25, 0.3) is 0 Å². The first kappa shape index (κ1) is 27.5. The van der Waals surface area contributed by atoms with E-state index < -0.39 is 23.7 Å². The lowest BCUT2D eigenvalue weighted by Gasteiger charge is -2.56. The van der Waals surface area contributed by atoms with Gasteiger partial charge in [-0.3, -0.25) is 4.79 Å². The standard InChI is InChI=1S/C31H41NO7/c1-30(2,3)39-28(34)25(14-24-13-23-12-19(5-7-26(23)38-24)6-8-27(33)36-4)32-29(35)37-18-31-15-20-9-21(16-31)11-22(10-20)17-31/h5,7,12-13,20-22,25H,6,8-11,14-18H2,1-4H3,(H,32,35). The molecular weight excluding hydrogens is 498 g/mol. The van der Waals surface area contributed by atoms with Crippen molar-refractivity contribution >= 4 is 29.0 Å². The maximum absolute atomic E-state index is 13.1. The van der Waals surface area contributed by atoms with Gasteiger partial charge in [0.05, 0.1) is 13.7 Å². The number of aryl methyl sites for hydroxylation is 1. The van der Waals surface area contributed by atoms with Crippen molar-refractivity contribution in [1.82, 2.24) is 5.32 Å². The monoisotopic (exact) mass is 539 g/mol. The summed E-state index contributed by atoms with van der Waals surface area (Å²) in [5.41, 5.74) is 1.04. The average molecular weight is 540 g/mol. The summed E-state index contributed by atoms with van der Waals surface area (Å²) in [6, 6.07) is 6.62. The van der Waals surface area contributed by atoms with Gasteiger partial charge in [0.2, 0.25) is 0 Å². The van der Waals surface area contributed by atoms with Crippen molar-refractivity contribution in [3.63, 3.8) is 0 Å². The van der Waals surface area contributed by atoms with Crippen LogP contribution in [0.25, 0.3) is 11.0 Å². The van der Waals surface area contributed by atoms with Gasteiger partial charge in [0.1, 0.15) is 23.0 Å². The van der Waals surface area contributed by atoms with Gasteiger partial charge in [-0.15, -0.1) is 0 Å². The predicted molar refractivity (Wildman–Crippen MR) is 145 cm³/mol. The second-order valence-electron chi connectivity index (χ2n) is 13.1. The Morgan fingerprint density at radius 1 is 1.05 bits per heavy atom. The number of methoxy groups -OCH3 is 1. The van der Waals surface area contributed by atoms with E-state index in [1.165, 1.54) is 26.4 Å². The largest absolute Gasteiger partial charge is 0.469 e.